The van der Waals surface area contributed by atoms with Crippen molar-refractivity contribution in [2.45, 2.75) is 20.8 Å². The largest absolute Gasteiger partial charge is 0.494 e. The molecule has 0 saturated heterocycles. The van der Waals surface area contributed by atoms with E-state index in [2.05, 4.69) is 5.32 Å². The second-order valence-electron chi connectivity index (χ2n) is 4.20. The van der Waals surface area contributed by atoms with Gasteiger partial charge in [0.25, 0.3) is 0 Å². The highest BCUT2D eigenvalue weighted by molar-refractivity contribution is 5.77. The summed E-state index contributed by atoms with van der Waals surface area (Å²) in [6.45, 7) is 7.31. The average Bonchev–Trinajstić information content (AvgIpc) is 2.36. The van der Waals surface area contributed by atoms with Crippen LogP contribution in [0.25, 0.3) is 0 Å². The van der Waals surface area contributed by atoms with Crippen molar-refractivity contribution in [1.29, 1.82) is 0 Å². The smallest absolute Gasteiger partial charge is 0.222 e. The lowest BCUT2D eigenvalue weighted by molar-refractivity contribution is -0.124. The first-order chi connectivity index (χ1) is 8.63. The third kappa shape index (κ3) is 5.08. The maximum Gasteiger partial charge on any atom is 0.222 e. The summed E-state index contributed by atoms with van der Waals surface area (Å²) in [6, 6.07) is 7.45. The Balaban J connectivity index is 2.25. The van der Waals surface area contributed by atoms with Crippen LogP contribution in [0.4, 0.5) is 0 Å². The molecule has 0 aliphatic rings. The van der Waals surface area contributed by atoms with Crippen LogP contribution >= 0.6 is 0 Å². The summed E-state index contributed by atoms with van der Waals surface area (Å²) < 4.78 is 10.8. The van der Waals surface area contributed by atoms with Gasteiger partial charge in [0.15, 0.2) is 0 Å². The normalized spacial score (nSPS) is 10.2. The van der Waals surface area contributed by atoms with E-state index in [9.17, 15) is 4.79 Å². The fourth-order valence-electron chi connectivity index (χ4n) is 1.35. The number of rotatable bonds is 7. The molecule has 0 aliphatic carbocycles. The Morgan fingerprint density at radius 3 is 2.22 bits per heavy atom. The molecule has 1 rings (SSSR count). The van der Waals surface area contributed by atoms with E-state index >= 15 is 0 Å². The monoisotopic (exact) mass is 251 g/mol. The number of carbonyl (C=O) groups excluding carboxylic acids is 1. The number of amides is 1. The third-order valence-corrected chi connectivity index (χ3v) is 2.33. The van der Waals surface area contributed by atoms with Gasteiger partial charge < -0.3 is 14.8 Å². The molecule has 0 unspecified atom stereocenters. The first kappa shape index (κ1) is 14.4. The van der Waals surface area contributed by atoms with Crippen LogP contribution in [0.15, 0.2) is 24.3 Å². The Morgan fingerprint density at radius 1 is 1.17 bits per heavy atom. The van der Waals surface area contributed by atoms with Gasteiger partial charge in [0, 0.05) is 5.92 Å². The van der Waals surface area contributed by atoms with Gasteiger partial charge in [-0.3, -0.25) is 4.79 Å². The van der Waals surface area contributed by atoms with Crippen LogP contribution in [0.5, 0.6) is 11.5 Å². The first-order valence-corrected chi connectivity index (χ1v) is 6.27. The Labute approximate surface area is 108 Å². The van der Waals surface area contributed by atoms with Gasteiger partial charge in [-0.05, 0) is 31.2 Å². The van der Waals surface area contributed by atoms with E-state index in [1.807, 2.05) is 45.0 Å². The number of nitrogens with one attached hydrogen (secondary N) is 1. The molecule has 0 radical (unpaired) electrons. The van der Waals surface area contributed by atoms with Crippen LogP contribution in [-0.2, 0) is 4.79 Å². The number of carbonyl (C=O) groups is 1. The SMILES string of the molecule is CCOc1ccc(OCCNC(=O)C(C)C)cc1. The molecule has 4 nitrogen and oxygen atoms in total. The summed E-state index contributed by atoms with van der Waals surface area (Å²) in [5.74, 6) is 1.66. The van der Waals surface area contributed by atoms with Crippen molar-refractivity contribution in [2.24, 2.45) is 5.92 Å². The van der Waals surface area contributed by atoms with E-state index in [4.69, 9.17) is 9.47 Å². The maximum absolute atomic E-state index is 11.3. The minimum atomic E-state index is 0.00970. The fraction of sp³-hybridized carbons (Fsp3) is 0.500. The van der Waals surface area contributed by atoms with Gasteiger partial charge in [-0.15, -0.1) is 0 Å². The van der Waals surface area contributed by atoms with Crippen molar-refractivity contribution in [2.75, 3.05) is 19.8 Å². The lowest BCUT2D eigenvalue weighted by Crippen LogP contribution is -2.31. The molecule has 1 amide bonds. The lowest BCUT2D eigenvalue weighted by atomic mass is 10.2. The highest BCUT2D eigenvalue weighted by atomic mass is 16.5. The van der Waals surface area contributed by atoms with Crippen LogP contribution in [0, 0.1) is 5.92 Å². The second-order valence-corrected chi connectivity index (χ2v) is 4.20. The van der Waals surface area contributed by atoms with E-state index in [1.165, 1.54) is 0 Å². The minimum Gasteiger partial charge on any atom is -0.494 e. The van der Waals surface area contributed by atoms with E-state index in [0.717, 1.165) is 11.5 Å². The maximum atomic E-state index is 11.3. The van der Waals surface area contributed by atoms with Crippen LogP contribution in [-0.4, -0.2) is 25.7 Å². The highest BCUT2D eigenvalue weighted by Crippen LogP contribution is 2.17. The highest BCUT2D eigenvalue weighted by Gasteiger charge is 2.04. The number of hydrogen-bond acceptors (Lipinski definition) is 3. The van der Waals surface area contributed by atoms with Crippen molar-refractivity contribution < 1.29 is 14.3 Å². The topological polar surface area (TPSA) is 47.6 Å². The fourth-order valence-corrected chi connectivity index (χ4v) is 1.35. The quantitative estimate of drug-likeness (QED) is 0.756. The van der Waals surface area contributed by atoms with Crippen molar-refractivity contribution in [3.05, 3.63) is 24.3 Å². The Bertz CT molecular complexity index is 360. The molecule has 0 bridgehead atoms. The van der Waals surface area contributed by atoms with Crippen molar-refractivity contribution in [1.82, 2.24) is 5.32 Å². The Hall–Kier alpha value is -1.71. The molecule has 1 aromatic rings. The number of hydrogen-bond donors (Lipinski definition) is 1. The molecular formula is C14H21NO3. The van der Waals surface area contributed by atoms with Gasteiger partial charge >= 0.3 is 0 Å². The molecule has 0 spiro atoms. The summed E-state index contributed by atoms with van der Waals surface area (Å²) in [4.78, 5) is 11.3. The van der Waals surface area contributed by atoms with Crippen LogP contribution in [0.3, 0.4) is 0 Å². The zero-order valence-corrected chi connectivity index (χ0v) is 11.2. The molecular weight excluding hydrogens is 230 g/mol. The van der Waals surface area contributed by atoms with E-state index in [1.54, 1.807) is 0 Å². The molecule has 0 heterocycles. The van der Waals surface area contributed by atoms with E-state index < -0.39 is 0 Å². The van der Waals surface area contributed by atoms with Crippen molar-refractivity contribution in [3.63, 3.8) is 0 Å². The molecule has 18 heavy (non-hydrogen) atoms. The zero-order valence-electron chi connectivity index (χ0n) is 11.2. The molecule has 0 atom stereocenters. The summed E-state index contributed by atoms with van der Waals surface area (Å²) in [7, 11) is 0. The predicted molar refractivity (Wildman–Crippen MR) is 71.0 cm³/mol. The van der Waals surface area contributed by atoms with Gasteiger partial charge in [0.05, 0.1) is 13.2 Å². The summed E-state index contributed by atoms with van der Waals surface area (Å²) >= 11 is 0. The molecule has 0 saturated carbocycles. The first-order valence-electron chi connectivity index (χ1n) is 6.27. The molecule has 100 valence electrons. The third-order valence-electron chi connectivity index (χ3n) is 2.33. The van der Waals surface area contributed by atoms with Gasteiger partial charge in [-0.25, -0.2) is 0 Å². The molecule has 0 aliphatic heterocycles. The van der Waals surface area contributed by atoms with Crippen LogP contribution in [0.1, 0.15) is 20.8 Å². The zero-order chi connectivity index (χ0) is 13.4. The number of benzene rings is 1. The van der Waals surface area contributed by atoms with Gasteiger partial charge in [0.2, 0.25) is 5.91 Å². The summed E-state index contributed by atoms with van der Waals surface area (Å²) in [5, 5.41) is 2.80. The van der Waals surface area contributed by atoms with E-state index in [0.29, 0.717) is 19.8 Å². The van der Waals surface area contributed by atoms with Crippen molar-refractivity contribution >= 4 is 5.91 Å². The standard InChI is InChI=1S/C14H21NO3/c1-4-17-12-5-7-13(8-6-12)18-10-9-15-14(16)11(2)3/h5-8,11H,4,9-10H2,1-3H3,(H,15,16). The van der Waals surface area contributed by atoms with Crippen LogP contribution in [0.2, 0.25) is 0 Å². The Morgan fingerprint density at radius 2 is 1.72 bits per heavy atom. The molecule has 1 aromatic carbocycles. The summed E-state index contributed by atoms with van der Waals surface area (Å²) in [5.41, 5.74) is 0. The van der Waals surface area contributed by atoms with Gasteiger partial charge in [-0.2, -0.15) is 0 Å². The molecule has 0 fully saturated rings. The molecule has 4 heteroatoms. The molecule has 0 aromatic heterocycles. The van der Waals surface area contributed by atoms with Gasteiger partial charge in [-0.1, -0.05) is 13.8 Å². The Kier molecular flexibility index (Phi) is 6.05. The molecule has 1 N–H and O–H groups in total. The van der Waals surface area contributed by atoms with E-state index in [-0.39, 0.29) is 11.8 Å². The average molecular weight is 251 g/mol. The van der Waals surface area contributed by atoms with Crippen LogP contribution < -0.4 is 14.8 Å². The predicted octanol–water partition coefficient (Wildman–Crippen LogP) is 2.24. The van der Waals surface area contributed by atoms with Crippen molar-refractivity contribution in [3.8, 4) is 11.5 Å². The second kappa shape index (κ2) is 7.58. The number of ether oxygens (including phenoxy) is 2. The van der Waals surface area contributed by atoms with Gasteiger partial charge in [0.1, 0.15) is 18.1 Å². The minimum absolute atomic E-state index is 0.00970. The lowest BCUT2D eigenvalue weighted by Gasteiger charge is -2.09. The summed E-state index contributed by atoms with van der Waals surface area (Å²) in [6.07, 6.45) is 0.